The van der Waals surface area contributed by atoms with E-state index in [9.17, 15) is 8.78 Å². The van der Waals surface area contributed by atoms with E-state index in [2.05, 4.69) is 9.55 Å². The molecular weight excluding hydrogens is 360 g/mol. The highest BCUT2D eigenvalue weighted by Gasteiger charge is 2.19. The molecule has 0 N–H and O–H groups in total. The van der Waals surface area contributed by atoms with E-state index in [0.717, 1.165) is 42.2 Å². The van der Waals surface area contributed by atoms with Crippen molar-refractivity contribution in [3.63, 3.8) is 0 Å². The number of para-hydroxylation sites is 1. The van der Waals surface area contributed by atoms with Crippen molar-refractivity contribution >= 4 is 5.69 Å². The van der Waals surface area contributed by atoms with E-state index in [0.29, 0.717) is 6.61 Å². The molecule has 1 atom stereocenters. The summed E-state index contributed by atoms with van der Waals surface area (Å²) in [6.45, 7) is 5.30. The topological polar surface area (TPSA) is 30.3 Å². The summed E-state index contributed by atoms with van der Waals surface area (Å²) in [5.41, 5.74) is 1.14. The summed E-state index contributed by atoms with van der Waals surface area (Å²) in [7, 11) is 1.75. The standard InChI is InChI=1S/C22H25F2N3O/c1-16(26(3)21-15-18(23)9-10-20(21)24)19-7-4-5-8-22(19)28-14-6-12-27-13-11-25-17(27)2/h4-5,7-11,13,15-16H,6,12,14H2,1-3H3. The van der Waals surface area contributed by atoms with Gasteiger partial charge in [-0.3, -0.25) is 0 Å². The largest absolute Gasteiger partial charge is 0.493 e. The van der Waals surface area contributed by atoms with Crippen LogP contribution in [0.1, 0.15) is 30.8 Å². The lowest BCUT2D eigenvalue weighted by atomic mass is 10.1. The van der Waals surface area contributed by atoms with Crippen LogP contribution in [0.15, 0.2) is 54.9 Å². The molecule has 1 unspecified atom stereocenters. The van der Waals surface area contributed by atoms with Gasteiger partial charge in [-0.05, 0) is 38.5 Å². The summed E-state index contributed by atoms with van der Waals surface area (Å²) in [6.07, 6.45) is 4.58. The monoisotopic (exact) mass is 385 g/mol. The number of anilines is 1. The van der Waals surface area contributed by atoms with Crippen molar-refractivity contribution in [3.05, 3.63) is 77.9 Å². The maximum Gasteiger partial charge on any atom is 0.146 e. The fourth-order valence-electron chi connectivity index (χ4n) is 3.19. The summed E-state index contributed by atoms with van der Waals surface area (Å²) < 4.78 is 35.8. The average Bonchev–Trinajstić information content (AvgIpc) is 3.11. The predicted octanol–water partition coefficient (Wildman–Crippen LogP) is 5.14. The number of ether oxygens (including phenoxy) is 1. The predicted molar refractivity (Wildman–Crippen MR) is 107 cm³/mol. The van der Waals surface area contributed by atoms with Crippen molar-refractivity contribution in [2.45, 2.75) is 32.9 Å². The molecule has 0 aliphatic rings. The first-order valence-corrected chi connectivity index (χ1v) is 9.34. The van der Waals surface area contributed by atoms with Crippen LogP contribution >= 0.6 is 0 Å². The summed E-state index contributed by atoms with van der Waals surface area (Å²) >= 11 is 0. The molecule has 0 saturated carbocycles. The minimum absolute atomic E-state index is 0.191. The molecule has 2 aromatic carbocycles. The van der Waals surface area contributed by atoms with Gasteiger partial charge in [-0.2, -0.15) is 0 Å². The third-order valence-electron chi connectivity index (χ3n) is 4.96. The smallest absolute Gasteiger partial charge is 0.146 e. The third-order valence-corrected chi connectivity index (χ3v) is 4.96. The van der Waals surface area contributed by atoms with Gasteiger partial charge >= 0.3 is 0 Å². The molecule has 1 heterocycles. The Hall–Kier alpha value is -2.89. The van der Waals surface area contributed by atoms with Crippen LogP contribution in [0.2, 0.25) is 0 Å². The van der Waals surface area contributed by atoms with Crippen LogP contribution in [0.5, 0.6) is 5.75 Å². The molecule has 6 heteroatoms. The van der Waals surface area contributed by atoms with E-state index in [1.807, 2.05) is 44.3 Å². The number of hydrogen-bond donors (Lipinski definition) is 0. The second-order valence-corrected chi connectivity index (χ2v) is 6.79. The Balaban J connectivity index is 1.68. The second kappa shape index (κ2) is 8.87. The fraction of sp³-hybridized carbons (Fsp3) is 0.318. The maximum absolute atomic E-state index is 14.2. The van der Waals surface area contributed by atoms with E-state index in [1.165, 1.54) is 6.07 Å². The number of imidazole rings is 1. The van der Waals surface area contributed by atoms with Gasteiger partial charge in [0.15, 0.2) is 0 Å². The van der Waals surface area contributed by atoms with E-state index in [4.69, 9.17) is 4.74 Å². The van der Waals surface area contributed by atoms with Crippen molar-refractivity contribution in [1.82, 2.24) is 9.55 Å². The van der Waals surface area contributed by atoms with E-state index < -0.39 is 11.6 Å². The highest BCUT2D eigenvalue weighted by molar-refractivity contribution is 5.51. The van der Waals surface area contributed by atoms with Gasteiger partial charge < -0.3 is 14.2 Å². The van der Waals surface area contributed by atoms with E-state index in [1.54, 1.807) is 18.1 Å². The number of aryl methyl sites for hydroxylation is 2. The number of nitrogens with zero attached hydrogens (tertiary/aromatic N) is 3. The zero-order valence-electron chi connectivity index (χ0n) is 16.4. The lowest BCUT2D eigenvalue weighted by molar-refractivity contribution is 0.297. The van der Waals surface area contributed by atoms with Crippen LogP contribution in [0.3, 0.4) is 0 Å². The third kappa shape index (κ3) is 4.50. The first-order valence-electron chi connectivity index (χ1n) is 9.34. The molecule has 3 aromatic rings. The quantitative estimate of drug-likeness (QED) is 0.503. The normalized spacial score (nSPS) is 12.0. The maximum atomic E-state index is 14.2. The zero-order valence-corrected chi connectivity index (χ0v) is 16.4. The Labute approximate surface area is 164 Å². The van der Waals surface area contributed by atoms with Crippen LogP contribution in [-0.2, 0) is 6.54 Å². The number of aromatic nitrogens is 2. The Bertz CT molecular complexity index is 926. The molecule has 0 amide bonds. The second-order valence-electron chi connectivity index (χ2n) is 6.79. The molecular formula is C22H25F2N3O. The summed E-state index contributed by atoms with van der Waals surface area (Å²) in [6, 6.07) is 11.0. The molecule has 0 spiro atoms. The van der Waals surface area contributed by atoms with Gasteiger partial charge in [0.2, 0.25) is 0 Å². The van der Waals surface area contributed by atoms with Crippen molar-refractivity contribution in [2.75, 3.05) is 18.6 Å². The highest BCUT2D eigenvalue weighted by Crippen LogP contribution is 2.33. The van der Waals surface area contributed by atoms with Gasteiger partial charge in [-0.1, -0.05) is 18.2 Å². The molecule has 0 aliphatic heterocycles. The Morgan fingerprint density at radius 3 is 2.71 bits per heavy atom. The number of benzene rings is 2. The summed E-state index contributed by atoms with van der Waals surface area (Å²) in [5, 5.41) is 0. The van der Waals surface area contributed by atoms with Crippen LogP contribution < -0.4 is 9.64 Å². The molecule has 0 fully saturated rings. The number of halogens is 2. The first-order chi connectivity index (χ1) is 13.5. The molecule has 28 heavy (non-hydrogen) atoms. The van der Waals surface area contributed by atoms with Crippen LogP contribution in [-0.4, -0.2) is 23.2 Å². The molecule has 0 saturated heterocycles. The minimum Gasteiger partial charge on any atom is -0.493 e. The summed E-state index contributed by atoms with van der Waals surface area (Å²) in [4.78, 5) is 5.93. The van der Waals surface area contributed by atoms with E-state index >= 15 is 0 Å². The Morgan fingerprint density at radius 1 is 1.18 bits per heavy atom. The van der Waals surface area contributed by atoms with Gasteiger partial charge in [-0.15, -0.1) is 0 Å². The Morgan fingerprint density at radius 2 is 1.96 bits per heavy atom. The number of hydrogen-bond acceptors (Lipinski definition) is 3. The summed E-state index contributed by atoms with van der Waals surface area (Å²) in [5.74, 6) is 0.813. The zero-order chi connectivity index (χ0) is 20.1. The van der Waals surface area contributed by atoms with Crippen LogP contribution in [0.4, 0.5) is 14.5 Å². The number of rotatable bonds is 8. The molecule has 148 valence electrons. The van der Waals surface area contributed by atoms with Crippen LogP contribution in [0.25, 0.3) is 0 Å². The minimum atomic E-state index is -0.463. The molecule has 3 rings (SSSR count). The molecule has 0 radical (unpaired) electrons. The SMILES string of the molecule is Cc1nccn1CCCOc1ccccc1C(C)N(C)c1cc(F)ccc1F. The van der Waals surface area contributed by atoms with Crippen molar-refractivity contribution in [1.29, 1.82) is 0 Å². The van der Waals surface area contributed by atoms with Crippen molar-refractivity contribution < 1.29 is 13.5 Å². The van der Waals surface area contributed by atoms with Crippen molar-refractivity contribution in [3.8, 4) is 5.75 Å². The van der Waals surface area contributed by atoms with Gasteiger partial charge in [0.1, 0.15) is 23.2 Å². The molecule has 4 nitrogen and oxygen atoms in total. The van der Waals surface area contributed by atoms with Gasteiger partial charge in [0.25, 0.3) is 0 Å². The van der Waals surface area contributed by atoms with Crippen LogP contribution in [0, 0.1) is 18.6 Å². The molecule has 0 bridgehead atoms. The van der Waals surface area contributed by atoms with Gasteiger partial charge in [0.05, 0.1) is 18.3 Å². The fourth-order valence-corrected chi connectivity index (χ4v) is 3.19. The van der Waals surface area contributed by atoms with E-state index in [-0.39, 0.29) is 11.7 Å². The molecule has 0 aliphatic carbocycles. The van der Waals surface area contributed by atoms with Gasteiger partial charge in [0, 0.05) is 37.6 Å². The Kier molecular flexibility index (Phi) is 6.29. The average molecular weight is 385 g/mol. The lowest BCUT2D eigenvalue weighted by Gasteiger charge is -2.29. The van der Waals surface area contributed by atoms with Crippen molar-refractivity contribution in [2.24, 2.45) is 0 Å². The molecule has 1 aromatic heterocycles. The first kappa shape index (κ1) is 19.9. The van der Waals surface area contributed by atoms with Gasteiger partial charge in [-0.25, -0.2) is 13.8 Å². The highest BCUT2D eigenvalue weighted by atomic mass is 19.1. The lowest BCUT2D eigenvalue weighted by Crippen LogP contribution is -2.23.